The summed E-state index contributed by atoms with van der Waals surface area (Å²) in [4.78, 5) is 18.3. The van der Waals surface area contributed by atoms with E-state index in [1.54, 1.807) is 0 Å². The largest absolute Gasteiger partial charge is 0.305 e. The van der Waals surface area contributed by atoms with Gasteiger partial charge < -0.3 is 4.90 Å². The zero-order chi connectivity index (χ0) is 16.9. The van der Waals surface area contributed by atoms with Crippen LogP contribution in [0.5, 0.6) is 0 Å². The molecule has 1 heterocycles. The van der Waals surface area contributed by atoms with E-state index in [9.17, 15) is 4.79 Å². The number of allylic oxidation sites excluding steroid dienone is 2. The van der Waals surface area contributed by atoms with E-state index in [0.717, 1.165) is 42.6 Å². The van der Waals surface area contributed by atoms with Crippen LogP contribution in [0.3, 0.4) is 0 Å². The average molecular weight is 320 g/mol. The van der Waals surface area contributed by atoms with Crippen LogP contribution in [0, 0.1) is 0 Å². The Hall–Kier alpha value is -2.26. The van der Waals surface area contributed by atoms with Gasteiger partial charge in [-0.1, -0.05) is 30.3 Å². The Balaban J connectivity index is 1.94. The maximum atomic E-state index is 11.3. The number of rotatable bonds is 5. The quantitative estimate of drug-likeness (QED) is 0.756. The van der Waals surface area contributed by atoms with Crippen molar-refractivity contribution in [2.75, 3.05) is 14.1 Å². The van der Waals surface area contributed by atoms with Gasteiger partial charge in [-0.05, 0) is 63.0 Å². The summed E-state index contributed by atoms with van der Waals surface area (Å²) in [5.74, 6) is 0. The van der Waals surface area contributed by atoms with Crippen molar-refractivity contribution in [2.45, 2.75) is 32.2 Å². The predicted octanol–water partition coefficient (Wildman–Crippen LogP) is 4.58. The molecule has 1 aromatic heterocycles. The summed E-state index contributed by atoms with van der Waals surface area (Å²) in [7, 11) is 4.13. The topological polar surface area (TPSA) is 33.2 Å². The van der Waals surface area contributed by atoms with Crippen LogP contribution in [0.25, 0.3) is 16.8 Å². The molecule has 0 bridgehead atoms. The molecule has 0 spiro atoms. The fourth-order valence-corrected chi connectivity index (χ4v) is 3.15. The van der Waals surface area contributed by atoms with Crippen molar-refractivity contribution in [1.29, 1.82) is 0 Å². The maximum absolute atomic E-state index is 11.3. The molecule has 0 radical (unpaired) electrons. The summed E-state index contributed by atoms with van der Waals surface area (Å²) in [6.07, 6.45) is 7.79. The summed E-state index contributed by atoms with van der Waals surface area (Å²) in [5.41, 5.74) is 6.11. The lowest BCUT2D eigenvalue weighted by Crippen LogP contribution is -2.10. The second-order valence-corrected chi connectivity index (χ2v) is 6.70. The Morgan fingerprint density at radius 3 is 2.46 bits per heavy atom. The summed E-state index contributed by atoms with van der Waals surface area (Å²) in [6.45, 7) is 0.917. The molecule has 1 aliphatic rings. The minimum absolute atomic E-state index is 0.693. The molecule has 1 aromatic carbocycles. The number of hydrogen-bond donors (Lipinski definition) is 0. The molecule has 0 saturated heterocycles. The van der Waals surface area contributed by atoms with Gasteiger partial charge in [-0.25, -0.2) is 4.98 Å². The first-order chi connectivity index (χ1) is 11.7. The van der Waals surface area contributed by atoms with E-state index < -0.39 is 0 Å². The van der Waals surface area contributed by atoms with E-state index in [0.29, 0.717) is 5.56 Å². The maximum Gasteiger partial charge on any atom is 0.150 e. The fourth-order valence-electron chi connectivity index (χ4n) is 3.15. The van der Waals surface area contributed by atoms with Crippen LogP contribution in [0.1, 0.15) is 47.3 Å². The lowest BCUT2D eigenvalue weighted by atomic mass is 9.95. The first-order valence-corrected chi connectivity index (χ1v) is 8.56. The van der Waals surface area contributed by atoms with Crippen molar-refractivity contribution in [3.8, 4) is 11.3 Å². The normalized spacial score (nSPS) is 14.5. The third-order valence-corrected chi connectivity index (χ3v) is 4.35. The Labute approximate surface area is 144 Å². The first kappa shape index (κ1) is 16.6. The summed E-state index contributed by atoms with van der Waals surface area (Å²) in [5, 5.41) is 0. The molecule has 0 amide bonds. The minimum Gasteiger partial charge on any atom is -0.305 e. The second-order valence-electron chi connectivity index (χ2n) is 6.70. The van der Waals surface area contributed by atoms with Crippen LogP contribution < -0.4 is 0 Å². The number of aromatic nitrogens is 1. The molecule has 0 atom stereocenters. The van der Waals surface area contributed by atoms with Crippen LogP contribution in [-0.2, 0) is 6.54 Å². The van der Waals surface area contributed by atoms with E-state index in [-0.39, 0.29) is 0 Å². The van der Waals surface area contributed by atoms with Crippen LogP contribution in [-0.4, -0.2) is 30.3 Å². The van der Waals surface area contributed by atoms with E-state index >= 15 is 0 Å². The number of aldehydes is 1. The molecule has 3 nitrogen and oxygen atoms in total. The van der Waals surface area contributed by atoms with Crippen molar-refractivity contribution >= 4 is 11.9 Å². The SMILES string of the molecule is CN(C)Cc1ccc(-c2cc(C=O)cc(C3=CCCCC3)n2)cc1. The zero-order valence-corrected chi connectivity index (χ0v) is 14.5. The van der Waals surface area contributed by atoms with E-state index in [2.05, 4.69) is 49.3 Å². The van der Waals surface area contributed by atoms with Gasteiger partial charge in [0.25, 0.3) is 0 Å². The number of pyridine rings is 1. The van der Waals surface area contributed by atoms with Crippen LogP contribution in [0.2, 0.25) is 0 Å². The minimum atomic E-state index is 0.693. The Bertz CT molecular complexity index is 745. The average Bonchev–Trinajstić information content (AvgIpc) is 2.62. The highest BCUT2D eigenvalue weighted by molar-refractivity contribution is 5.80. The zero-order valence-electron chi connectivity index (χ0n) is 14.5. The molecule has 0 fully saturated rings. The van der Waals surface area contributed by atoms with E-state index in [1.165, 1.54) is 24.0 Å². The highest BCUT2D eigenvalue weighted by Crippen LogP contribution is 2.28. The lowest BCUT2D eigenvalue weighted by Gasteiger charge is -2.14. The van der Waals surface area contributed by atoms with Crippen molar-refractivity contribution in [1.82, 2.24) is 9.88 Å². The molecule has 0 saturated carbocycles. The lowest BCUT2D eigenvalue weighted by molar-refractivity contribution is 0.112. The van der Waals surface area contributed by atoms with Crippen molar-refractivity contribution in [3.63, 3.8) is 0 Å². The molecule has 3 heteroatoms. The van der Waals surface area contributed by atoms with E-state index in [4.69, 9.17) is 4.98 Å². The van der Waals surface area contributed by atoms with Gasteiger partial charge in [-0.2, -0.15) is 0 Å². The number of hydrogen-bond acceptors (Lipinski definition) is 3. The van der Waals surface area contributed by atoms with Gasteiger partial charge in [-0.15, -0.1) is 0 Å². The Kier molecular flexibility index (Phi) is 5.21. The number of nitrogens with zero attached hydrogens (tertiary/aromatic N) is 2. The van der Waals surface area contributed by atoms with Crippen molar-refractivity contribution in [3.05, 3.63) is 59.3 Å². The molecule has 0 aliphatic heterocycles. The van der Waals surface area contributed by atoms with Crippen LogP contribution >= 0.6 is 0 Å². The summed E-state index contributed by atoms with van der Waals surface area (Å²) < 4.78 is 0. The molecule has 0 unspecified atom stereocenters. The van der Waals surface area contributed by atoms with Gasteiger partial charge >= 0.3 is 0 Å². The monoisotopic (exact) mass is 320 g/mol. The van der Waals surface area contributed by atoms with Gasteiger partial charge in [0.15, 0.2) is 0 Å². The predicted molar refractivity (Wildman–Crippen MR) is 98.9 cm³/mol. The van der Waals surface area contributed by atoms with E-state index in [1.807, 2.05) is 12.1 Å². The molecule has 3 rings (SSSR count). The second kappa shape index (κ2) is 7.54. The smallest absolute Gasteiger partial charge is 0.150 e. The van der Waals surface area contributed by atoms with Crippen LogP contribution in [0.15, 0.2) is 42.5 Å². The molecule has 124 valence electrons. The molecular weight excluding hydrogens is 296 g/mol. The third-order valence-electron chi connectivity index (χ3n) is 4.35. The van der Waals surface area contributed by atoms with Gasteiger partial charge in [-0.3, -0.25) is 4.79 Å². The van der Waals surface area contributed by atoms with Gasteiger partial charge in [0.05, 0.1) is 11.4 Å². The Morgan fingerprint density at radius 1 is 1.08 bits per heavy atom. The molecule has 1 aliphatic carbocycles. The number of benzene rings is 1. The summed E-state index contributed by atoms with van der Waals surface area (Å²) >= 11 is 0. The summed E-state index contributed by atoms with van der Waals surface area (Å²) in [6, 6.07) is 12.2. The fraction of sp³-hybridized carbons (Fsp3) is 0.333. The third kappa shape index (κ3) is 3.98. The van der Waals surface area contributed by atoms with Gasteiger partial charge in [0, 0.05) is 17.7 Å². The molecule has 0 N–H and O–H groups in total. The Morgan fingerprint density at radius 2 is 1.83 bits per heavy atom. The number of carbonyl (C=O) groups is 1. The standard InChI is InChI=1S/C21H24N2O/c1-23(2)14-16-8-10-19(11-9-16)21-13-17(15-24)12-20(22-21)18-6-4-3-5-7-18/h6,8-13,15H,3-5,7,14H2,1-2H3. The highest BCUT2D eigenvalue weighted by atomic mass is 16.1. The number of carbonyl (C=O) groups excluding carboxylic acids is 1. The highest BCUT2D eigenvalue weighted by Gasteiger charge is 2.11. The van der Waals surface area contributed by atoms with Gasteiger partial charge in [0.2, 0.25) is 0 Å². The first-order valence-electron chi connectivity index (χ1n) is 8.56. The molecule has 24 heavy (non-hydrogen) atoms. The molecular formula is C21H24N2O. The van der Waals surface area contributed by atoms with Crippen molar-refractivity contribution < 1.29 is 4.79 Å². The van der Waals surface area contributed by atoms with Crippen LogP contribution in [0.4, 0.5) is 0 Å². The van der Waals surface area contributed by atoms with Gasteiger partial charge in [0.1, 0.15) is 6.29 Å². The molecule has 2 aromatic rings. The van der Waals surface area contributed by atoms with Crippen molar-refractivity contribution in [2.24, 2.45) is 0 Å².